The first-order valence-electron chi connectivity index (χ1n) is 5.85. The van der Waals surface area contributed by atoms with E-state index < -0.39 is 6.61 Å². The number of aliphatic hydroxyl groups excluding tert-OH is 1. The van der Waals surface area contributed by atoms with Crippen LogP contribution in [0.25, 0.3) is 0 Å². The standard InChI is InChI=1S/C13H11BrClF2NO3/c14-10-3-7(15)4-11(12(10)21-13(16)17)18-5-8-1-2-9(6-19)20-8/h1-4,13,18-19H,5-6H2. The summed E-state index contributed by atoms with van der Waals surface area (Å²) in [5, 5.41) is 12.2. The highest BCUT2D eigenvalue weighted by atomic mass is 79.9. The molecule has 114 valence electrons. The van der Waals surface area contributed by atoms with E-state index in [9.17, 15) is 8.78 Å². The zero-order valence-corrected chi connectivity index (χ0v) is 12.9. The summed E-state index contributed by atoms with van der Waals surface area (Å²) in [5.74, 6) is 0.921. The Labute approximate surface area is 132 Å². The number of hydrogen-bond donors (Lipinski definition) is 2. The third-order valence-corrected chi connectivity index (χ3v) is 3.35. The van der Waals surface area contributed by atoms with Crippen molar-refractivity contribution in [1.29, 1.82) is 0 Å². The fourth-order valence-corrected chi connectivity index (χ4v) is 2.59. The van der Waals surface area contributed by atoms with Crippen LogP contribution in [0.5, 0.6) is 5.75 Å². The van der Waals surface area contributed by atoms with Crippen LogP contribution in [0, 0.1) is 0 Å². The molecule has 21 heavy (non-hydrogen) atoms. The highest BCUT2D eigenvalue weighted by Crippen LogP contribution is 2.37. The van der Waals surface area contributed by atoms with Crippen molar-refractivity contribution in [1.82, 2.24) is 0 Å². The van der Waals surface area contributed by atoms with Gasteiger partial charge in [-0.25, -0.2) is 0 Å². The van der Waals surface area contributed by atoms with Crippen LogP contribution in [-0.4, -0.2) is 11.7 Å². The number of ether oxygens (including phenoxy) is 1. The largest absolute Gasteiger partial charge is 0.462 e. The molecule has 0 aliphatic rings. The van der Waals surface area contributed by atoms with Crippen LogP contribution in [0.2, 0.25) is 5.02 Å². The first-order chi connectivity index (χ1) is 9.99. The second-order valence-electron chi connectivity index (χ2n) is 4.02. The van der Waals surface area contributed by atoms with Crippen molar-refractivity contribution in [2.45, 2.75) is 19.8 Å². The van der Waals surface area contributed by atoms with E-state index in [-0.39, 0.29) is 18.9 Å². The topological polar surface area (TPSA) is 54.6 Å². The molecule has 0 unspecified atom stereocenters. The highest BCUT2D eigenvalue weighted by Gasteiger charge is 2.15. The summed E-state index contributed by atoms with van der Waals surface area (Å²) in [4.78, 5) is 0. The van der Waals surface area contributed by atoms with Gasteiger partial charge in [-0.3, -0.25) is 0 Å². The van der Waals surface area contributed by atoms with Gasteiger partial charge >= 0.3 is 6.61 Å². The fraction of sp³-hybridized carbons (Fsp3) is 0.231. The van der Waals surface area contributed by atoms with E-state index in [2.05, 4.69) is 26.0 Å². The van der Waals surface area contributed by atoms with Crippen molar-refractivity contribution >= 4 is 33.2 Å². The normalized spacial score (nSPS) is 11.0. The smallest absolute Gasteiger partial charge is 0.387 e. The van der Waals surface area contributed by atoms with Crippen LogP contribution in [-0.2, 0) is 13.2 Å². The number of benzene rings is 1. The first-order valence-corrected chi connectivity index (χ1v) is 7.03. The number of nitrogens with one attached hydrogen (secondary N) is 1. The summed E-state index contributed by atoms with van der Waals surface area (Å²) in [6.07, 6.45) is 0. The molecule has 0 saturated heterocycles. The predicted octanol–water partition coefficient (Wildman–Crippen LogP) is 4.40. The van der Waals surface area contributed by atoms with Crippen LogP contribution in [0.1, 0.15) is 11.5 Å². The molecule has 1 aromatic carbocycles. The lowest BCUT2D eigenvalue weighted by Gasteiger charge is -2.14. The second kappa shape index (κ2) is 7.11. The van der Waals surface area contributed by atoms with Crippen molar-refractivity contribution in [2.75, 3.05) is 5.32 Å². The average molecular weight is 383 g/mol. The molecule has 4 nitrogen and oxygen atoms in total. The van der Waals surface area contributed by atoms with Crippen LogP contribution < -0.4 is 10.1 Å². The Kier molecular flexibility index (Phi) is 5.44. The van der Waals surface area contributed by atoms with Gasteiger partial charge in [0.05, 0.1) is 16.7 Å². The first kappa shape index (κ1) is 16.1. The maximum atomic E-state index is 12.4. The van der Waals surface area contributed by atoms with E-state index in [1.54, 1.807) is 12.1 Å². The average Bonchev–Trinajstić information content (AvgIpc) is 2.87. The van der Waals surface area contributed by atoms with Gasteiger partial charge in [0.2, 0.25) is 0 Å². The van der Waals surface area contributed by atoms with Crippen molar-refractivity contribution < 1.29 is 23.0 Å². The third kappa shape index (κ3) is 4.33. The number of aliphatic hydroxyl groups is 1. The number of hydrogen-bond acceptors (Lipinski definition) is 4. The van der Waals surface area contributed by atoms with E-state index in [0.29, 0.717) is 26.7 Å². The van der Waals surface area contributed by atoms with Gasteiger partial charge in [0.15, 0.2) is 5.75 Å². The van der Waals surface area contributed by atoms with E-state index in [0.717, 1.165) is 0 Å². The van der Waals surface area contributed by atoms with Crippen LogP contribution >= 0.6 is 27.5 Å². The molecule has 2 rings (SSSR count). The molecule has 2 N–H and O–H groups in total. The van der Waals surface area contributed by atoms with Gasteiger partial charge in [0.25, 0.3) is 0 Å². The van der Waals surface area contributed by atoms with Crippen molar-refractivity contribution in [3.63, 3.8) is 0 Å². The van der Waals surface area contributed by atoms with Gasteiger partial charge in [0.1, 0.15) is 18.1 Å². The van der Waals surface area contributed by atoms with Gasteiger partial charge in [-0.2, -0.15) is 8.78 Å². The summed E-state index contributed by atoms with van der Waals surface area (Å²) in [5.41, 5.74) is 0.302. The van der Waals surface area contributed by atoms with E-state index in [4.69, 9.17) is 21.1 Å². The van der Waals surface area contributed by atoms with Gasteiger partial charge in [-0.1, -0.05) is 11.6 Å². The summed E-state index contributed by atoms with van der Waals surface area (Å²) >= 11 is 9.03. The lowest BCUT2D eigenvalue weighted by molar-refractivity contribution is -0.0498. The van der Waals surface area contributed by atoms with Crippen LogP contribution in [0.3, 0.4) is 0 Å². The summed E-state index contributed by atoms with van der Waals surface area (Å²) in [7, 11) is 0. The quantitative estimate of drug-likeness (QED) is 0.777. The minimum absolute atomic E-state index is 0.0386. The van der Waals surface area contributed by atoms with Gasteiger partial charge in [-0.05, 0) is 40.2 Å². The van der Waals surface area contributed by atoms with Crippen LogP contribution in [0.4, 0.5) is 14.5 Å². The third-order valence-electron chi connectivity index (χ3n) is 2.54. The molecule has 0 spiro atoms. The molecule has 0 saturated carbocycles. The molecule has 2 aromatic rings. The maximum absolute atomic E-state index is 12.4. The molecule has 0 amide bonds. The molecule has 0 bridgehead atoms. The Hall–Kier alpha value is -1.31. The van der Waals surface area contributed by atoms with Crippen molar-refractivity contribution in [3.8, 4) is 5.75 Å². The van der Waals surface area contributed by atoms with Crippen LogP contribution in [0.15, 0.2) is 33.2 Å². The van der Waals surface area contributed by atoms with E-state index in [1.165, 1.54) is 12.1 Å². The summed E-state index contributed by atoms with van der Waals surface area (Å²) < 4.78 is 35.0. The molecule has 0 radical (unpaired) electrons. The molecule has 0 atom stereocenters. The number of furan rings is 1. The van der Waals surface area contributed by atoms with Gasteiger partial charge < -0.3 is 19.6 Å². The Balaban J connectivity index is 2.17. The number of halogens is 4. The Bertz CT molecular complexity index is 621. The fourth-order valence-electron chi connectivity index (χ4n) is 1.69. The maximum Gasteiger partial charge on any atom is 0.387 e. The molecule has 1 heterocycles. The summed E-state index contributed by atoms with van der Waals surface area (Å²) in [6.45, 7) is -2.93. The summed E-state index contributed by atoms with van der Waals surface area (Å²) in [6, 6.07) is 6.23. The zero-order valence-electron chi connectivity index (χ0n) is 10.6. The molecular formula is C13H11BrClF2NO3. The molecule has 0 aliphatic carbocycles. The monoisotopic (exact) mass is 381 g/mol. The zero-order chi connectivity index (χ0) is 15.4. The van der Waals surface area contributed by atoms with Gasteiger partial charge in [0, 0.05) is 5.02 Å². The van der Waals surface area contributed by atoms with Crippen molar-refractivity contribution in [2.24, 2.45) is 0 Å². The number of anilines is 1. The molecule has 1 aromatic heterocycles. The van der Waals surface area contributed by atoms with Gasteiger partial charge in [-0.15, -0.1) is 0 Å². The lowest BCUT2D eigenvalue weighted by Crippen LogP contribution is -2.07. The SMILES string of the molecule is OCc1ccc(CNc2cc(Cl)cc(Br)c2OC(F)F)o1. The predicted molar refractivity (Wildman–Crippen MR) is 77.7 cm³/mol. The highest BCUT2D eigenvalue weighted by molar-refractivity contribution is 9.10. The molecule has 8 heteroatoms. The second-order valence-corrected chi connectivity index (χ2v) is 5.31. The minimum atomic E-state index is -2.95. The van der Waals surface area contributed by atoms with Crippen molar-refractivity contribution in [3.05, 3.63) is 45.3 Å². The Morgan fingerprint density at radius 1 is 1.33 bits per heavy atom. The lowest BCUT2D eigenvalue weighted by atomic mass is 10.3. The van der Waals surface area contributed by atoms with E-state index >= 15 is 0 Å². The molecular weight excluding hydrogens is 372 g/mol. The Morgan fingerprint density at radius 3 is 2.67 bits per heavy atom. The minimum Gasteiger partial charge on any atom is -0.462 e. The van der Waals surface area contributed by atoms with E-state index in [1.807, 2.05) is 0 Å². The number of rotatable bonds is 6. The molecule has 0 aliphatic heterocycles. The molecule has 0 fully saturated rings. The Morgan fingerprint density at radius 2 is 2.05 bits per heavy atom. The number of alkyl halides is 2.